The van der Waals surface area contributed by atoms with Crippen LogP contribution in [-0.2, 0) is 15.6 Å². The van der Waals surface area contributed by atoms with Gasteiger partial charge in [-0.3, -0.25) is 0 Å². The zero-order valence-electron chi connectivity index (χ0n) is 21.1. The van der Waals surface area contributed by atoms with Crippen molar-refractivity contribution in [1.82, 2.24) is 18.7 Å². The van der Waals surface area contributed by atoms with E-state index < -0.39 is 16.9 Å². The molecule has 1 aromatic carbocycles. The molecule has 0 aromatic heterocycles. The van der Waals surface area contributed by atoms with Gasteiger partial charge in [-0.2, -0.15) is 6.07 Å². The minimum atomic E-state index is -0.859. The maximum absolute atomic E-state index is 6.54. The summed E-state index contributed by atoms with van der Waals surface area (Å²) in [6, 6.07) is 9.11. The van der Waals surface area contributed by atoms with Crippen LogP contribution in [-0.4, -0.2) is 71.0 Å². The van der Waals surface area contributed by atoms with Crippen molar-refractivity contribution in [2.75, 3.05) is 52.4 Å². The molecule has 0 fully saturated rings. The van der Waals surface area contributed by atoms with Crippen molar-refractivity contribution in [2.24, 2.45) is 0 Å². The third-order valence-electron chi connectivity index (χ3n) is 5.00. The summed E-state index contributed by atoms with van der Waals surface area (Å²) in [4.78, 5) is 0. The van der Waals surface area contributed by atoms with E-state index in [0.29, 0.717) is 0 Å². The van der Waals surface area contributed by atoms with Crippen LogP contribution in [0, 0.1) is 6.07 Å². The van der Waals surface area contributed by atoms with E-state index in [0.717, 1.165) is 63.9 Å². The van der Waals surface area contributed by atoms with Crippen LogP contribution in [0.15, 0.2) is 18.2 Å². The number of hydrogen-bond acceptors (Lipinski definition) is 6. The molecular formula is C22H43IN4O2P2Pd. The minimum absolute atomic E-state index is 0.825. The van der Waals surface area contributed by atoms with Crippen LogP contribution in [0.1, 0.15) is 55.4 Å². The molecule has 0 radical (unpaired) electrons. The van der Waals surface area contributed by atoms with E-state index in [1.165, 1.54) is 0 Å². The van der Waals surface area contributed by atoms with Crippen molar-refractivity contribution in [3.05, 3.63) is 24.3 Å². The first-order valence-electron chi connectivity index (χ1n) is 11.6. The van der Waals surface area contributed by atoms with Crippen LogP contribution < -0.4 is 9.05 Å². The van der Waals surface area contributed by atoms with Crippen LogP contribution in [0.25, 0.3) is 0 Å². The number of rotatable bonds is 16. The van der Waals surface area contributed by atoms with E-state index in [1.807, 2.05) is 37.7 Å². The van der Waals surface area contributed by atoms with Crippen LogP contribution in [0.3, 0.4) is 0 Å². The Balaban J connectivity index is 0.00000466. The van der Waals surface area contributed by atoms with Gasteiger partial charge in [-0.25, -0.2) is 18.7 Å². The standard InChI is InChI=1S/C22H43N4O2P2.HI.Pd/c1-9-23(10-2)29(24(11-3)12-4)27-21-18-17-19-22(20-21)28-30(25(13-5)14-6)26(15-7)16-8;;/h18-20H,9-16H2,1-8H3;1H;/q-1;;+2/p-1. The first-order chi connectivity index (χ1) is 15.5. The molecule has 0 amide bonds. The quantitative estimate of drug-likeness (QED) is 0.0809. The zero-order chi connectivity index (χ0) is 24.5. The van der Waals surface area contributed by atoms with Gasteiger partial charge in [0, 0.05) is 63.9 Å². The van der Waals surface area contributed by atoms with Crippen molar-refractivity contribution in [1.29, 1.82) is 0 Å². The fraction of sp³-hybridized carbons (Fsp3) is 0.727. The van der Waals surface area contributed by atoms with Gasteiger partial charge in [-0.05, 0) is 0 Å². The Kier molecular flexibility index (Phi) is 20.7. The van der Waals surface area contributed by atoms with E-state index >= 15 is 0 Å². The van der Waals surface area contributed by atoms with Crippen LogP contribution in [0.5, 0.6) is 11.5 Å². The summed E-state index contributed by atoms with van der Waals surface area (Å²) < 4.78 is 22.7. The van der Waals surface area contributed by atoms with Crippen LogP contribution in [0.2, 0.25) is 0 Å². The fourth-order valence-corrected chi connectivity index (χ4v) is 6.88. The Morgan fingerprint density at radius 3 is 1.09 bits per heavy atom. The number of nitrogens with zero attached hydrogens (tertiary/aromatic N) is 4. The van der Waals surface area contributed by atoms with Crippen molar-refractivity contribution in [3.8, 4) is 11.5 Å². The molecule has 0 aliphatic heterocycles. The molecule has 1 rings (SSSR count). The van der Waals surface area contributed by atoms with Crippen molar-refractivity contribution < 1.29 is 24.6 Å². The SMILES string of the molecule is CCN(CC)P(Oc1c[c-]cc(OP(N(CC)CC)N(CC)CC)c1)N(CC)CC.[Pd+][I]. The van der Waals surface area contributed by atoms with Gasteiger partial charge in [0.05, 0.1) is 0 Å². The summed E-state index contributed by atoms with van der Waals surface area (Å²) in [6.45, 7) is 25.3. The van der Waals surface area contributed by atoms with Gasteiger partial charge >= 0.3 is 35.1 Å². The third-order valence-corrected chi connectivity index (χ3v) is 9.94. The van der Waals surface area contributed by atoms with Crippen molar-refractivity contribution in [2.45, 2.75) is 55.4 Å². The molecule has 190 valence electrons. The summed E-state index contributed by atoms with van der Waals surface area (Å²) in [7, 11) is -1.72. The van der Waals surface area contributed by atoms with Gasteiger partial charge in [0.1, 0.15) is 0 Å². The molecule has 32 heavy (non-hydrogen) atoms. The van der Waals surface area contributed by atoms with Crippen LogP contribution in [0.4, 0.5) is 0 Å². The van der Waals surface area contributed by atoms with Crippen LogP contribution >= 0.6 is 36.4 Å². The summed E-state index contributed by atoms with van der Waals surface area (Å²) in [5.41, 5.74) is 0. The van der Waals surface area contributed by atoms with Gasteiger partial charge < -0.3 is 9.05 Å². The van der Waals surface area contributed by atoms with E-state index in [2.05, 4.69) is 95.7 Å². The third kappa shape index (κ3) is 10.7. The predicted molar refractivity (Wildman–Crippen MR) is 146 cm³/mol. The molecule has 0 heterocycles. The molecule has 0 spiro atoms. The molecule has 0 saturated heterocycles. The maximum atomic E-state index is 6.54. The molecule has 0 bridgehead atoms. The monoisotopic (exact) mass is 690 g/mol. The van der Waals surface area contributed by atoms with E-state index in [4.69, 9.17) is 9.05 Å². The van der Waals surface area contributed by atoms with E-state index in [-0.39, 0.29) is 0 Å². The van der Waals surface area contributed by atoms with Gasteiger partial charge in [-0.15, -0.1) is 12.1 Å². The summed E-state index contributed by atoms with van der Waals surface area (Å²) in [5.74, 6) is 1.65. The predicted octanol–water partition coefficient (Wildman–Crippen LogP) is 6.95. The van der Waals surface area contributed by atoms with Gasteiger partial charge in [-0.1, -0.05) is 61.5 Å². The first kappa shape index (κ1) is 32.9. The van der Waals surface area contributed by atoms with E-state index in [9.17, 15) is 0 Å². The summed E-state index contributed by atoms with van der Waals surface area (Å²) in [5, 5.41) is 0. The summed E-state index contributed by atoms with van der Waals surface area (Å²) in [6.07, 6.45) is 0. The second kappa shape index (κ2) is 20.1. The molecule has 0 unspecified atom stereocenters. The normalized spacial score (nSPS) is 11.7. The Hall–Kier alpha value is 0.912. The second-order valence-electron chi connectivity index (χ2n) is 6.65. The summed E-state index contributed by atoms with van der Waals surface area (Å²) >= 11 is 4.72. The number of halogens is 1. The Morgan fingerprint density at radius 1 is 0.625 bits per heavy atom. The van der Waals surface area contributed by atoms with E-state index in [1.54, 1.807) is 0 Å². The average molecular weight is 691 g/mol. The number of hydrogen-bond donors (Lipinski definition) is 0. The molecule has 10 heteroatoms. The topological polar surface area (TPSA) is 31.4 Å². The number of benzene rings is 1. The molecule has 0 aliphatic carbocycles. The molecule has 0 atom stereocenters. The molecule has 0 saturated carbocycles. The second-order valence-corrected chi connectivity index (χ2v) is 10.3. The van der Waals surface area contributed by atoms with Crippen molar-refractivity contribution >= 4 is 36.4 Å². The average Bonchev–Trinajstić information content (AvgIpc) is 2.83. The first-order valence-corrected chi connectivity index (χ1v) is 18.6. The molecule has 0 aliphatic rings. The zero-order valence-corrected chi connectivity index (χ0v) is 26.6. The molecule has 1 aromatic rings. The Morgan fingerprint density at radius 2 is 0.875 bits per heavy atom. The van der Waals surface area contributed by atoms with Gasteiger partial charge in [0.2, 0.25) is 16.9 Å². The van der Waals surface area contributed by atoms with Gasteiger partial charge in [0.25, 0.3) is 0 Å². The Labute approximate surface area is 222 Å². The molecule has 0 N–H and O–H groups in total. The van der Waals surface area contributed by atoms with Gasteiger partial charge in [0.15, 0.2) is 0 Å². The van der Waals surface area contributed by atoms with Crippen molar-refractivity contribution in [3.63, 3.8) is 0 Å². The molecular weight excluding hydrogens is 648 g/mol. The molecule has 6 nitrogen and oxygen atoms in total. The fourth-order valence-electron chi connectivity index (χ4n) is 3.17. The Bertz CT molecular complexity index is 509.